The van der Waals surface area contributed by atoms with Crippen LogP contribution in [-0.4, -0.2) is 29.6 Å². The van der Waals surface area contributed by atoms with Gasteiger partial charge in [-0.05, 0) is 13.0 Å². The Morgan fingerprint density at radius 2 is 2.50 bits per heavy atom. The molecular weight excluding hydrogens is 246 g/mol. The van der Waals surface area contributed by atoms with Crippen molar-refractivity contribution in [1.29, 1.82) is 0 Å². The summed E-state index contributed by atoms with van der Waals surface area (Å²) in [6.45, 7) is 2.43. The smallest absolute Gasteiger partial charge is 0.195 e. The molecule has 0 aromatic carbocycles. The van der Waals surface area contributed by atoms with Gasteiger partial charge in [-0.3, -0.25) is 4.40 Å². The number of thiazole rings is 1. The van der Waals surface area contributed by atoms with Gasteiger partial charge in [0.1, 0.15) is 0 Å². The summed E-state index contributed by atoms with van der Waals surface area (Å²) in [5.74, 6) is 0. The predicted octanol–water partition coefficient (Wildman–Crippen LogP) is 2.18. The number of hydrogen-bond donors (Lipinski definition) is 1. The number of rotatable bonds is 6. The van der Waals surface area contributed by atoms with Crippen LogP contribution in [0.2, 0.25) is 5.15 Å². The van der Waals surface area contributed by atoms with Crippen LogP contribution >= 0.6 is 22.9 Å². The second kappa shape index (κ2) is 5.63. The Balaban J connectivity index is 1.93. The van der Waals surface area contributed by atoms with E-state index in [-0.39, 0.29) is 0 Å². The van der Waals surface area contributed by atoms with Crippen LogP contribution < -0.4 is 5.32 Å². The molecule has 4 nitrogen and oxygen atoms in total. The maximum Gasteiger partial charge on any atom is 0.195 e. The van der Waals surface area contributed by atoms with Gasteiger partial charge in [0.25, 0.3) is 0 Å². The molecule has 0 aliphatic heterocycles. The summed E-state index contributed by atoms with van der Waals surface area (Å²) in [6, 6.07) is 0. The Hall–Kier alpha value is -0.620. The van der Waals surface area contributed by atoms with Crippen LogP contribution in [0.4, 0.5) is 0 Å². The zero-order valence-corrected chi connectivity index (χ0v) is 10.6. The summed E-state index contributed by atoms with van der Waals surface area (Å²) >= 11 is 7.65. The van der Waals surface area contributed by atoms with Crippen molar-refractivity contribution in [2.45, 2.75) is 13.0 Å². The molecule has 0 saturated heterocycles. The second-order valence-electron chi connectivity index (χ2n) is 3.43. The minimum absolute atomic E-state index is 0.589. The monoisotopic (exact) mass is 259 g/mol. The molecule has 88 valence electrons. The third-order valence-corrected chi connectivity index (χ3v) is 3.37. The molecule has 6 heteroatoms. The summed E-state index contributed by atoms with van der Waals surface area (Å²) in [6.07, 6.45) is 2.99. The first-order valence-electron chi connectivity index (χ1n) is 5.12. The van der Waals surface area contributed by atoms with Crippen LogP contribution in [0.1, 0.15) is 12.1 Å². The highest BCUT2D eigenvalue weighted by Gasteiger charge is 2.09. The Morgan fingerprint density at radius 3 is 3.31 bits per heavy atom. The number of ether oxygens (including phenoxy) is 1. The Labute approximate surface area is 103 Å². The van der Waals surface area contributed by atoms with E-state index in [0.29, 0.717) is 5.15 Å². The molecular formula is C10H14ClN3OS. The minimum atomic E-state index is 0.589. The molecule has 0 atom stereocenters. The molecule has 2 rings (SSSR count). The van der Waals surface area contributed by atoms with Gasteiger partial charge in [-0.25, -0.2) is 4.98 Å². The fourth-order valence-corrected chi connectivity index (χ4v) is 2.53. The summed E-state index contributed by atoms with van der Waals surface area (Å²) in [4.78, 5) is 5.21. The molecule has 2 aromatic rings. The predicted molar refractivity (Wildman–Crippen MR) is 66.3 cm³/mol. The second-order valence-corrected chi connectivity index (χ2v) is 4.66. The van der Waals surface area contributed by atoms with E-state index in [2.05, 4.69) is 10.3 Å². The van der Waals surface area contributed by atoms with Crippen molar-refractivity contribution < 1.29 is 4.74 Å². The first-order chi connectivity index (χ1) is 7.83. The number of methoxy groups -OCH3 is 1. The molecule has 2 aromatic heterocycles. The molecule has 0 saturated carbocycles. The lowest BCUT2D eigenvalue weighted by atomic mass is 10.4. The maximum atomic E-state index is 6.06. The van der Waals surface area contributed by atoms with Gasteiger partial charge in [-0.15, -0.1) is 11.3 Å². The van der Waals surface area contributed by atoms with Crippen molar-refractivity contribution in [3.8, 4) is 0 Å². The number of nitrogens with zero attached hydrogens (tertiary/aromatic N) is 2. The summed E-state index contributed by atoms with van der Waals surface area (Å²) < 4.78 is 7.00. The van der Waals surface area contributed by atoms with E-state index in [1.165, 1.54) is 0 Å². The number of imidazole rings is 1. The molecule has 0 fully saturated rings. The van der Waals surface area contributed by atoms with Crippen molar-refractivity contribution in [2.75, 3.05) is 20.3 Å². The Kier molecular flexibility index (Phi) is 4.17. The van der Waals surface area contributed by atoms with E-state index >= 15 is 0 Å². The van der Waals surface area contributed by atoms with Crippen molar-refractivity contribution in [3.63, 3.8) is 0 Å². The van der Waals surface area contributed by atoms with Crippen LogP contribution in [0, 0.1) is 0 Å². The minimum Gasteiger partial charge on any atom is -0.385 e. The molecule has 2 heterocycles. The zero-order valence-electron chi connectivity index (χ0n) is 9.07. The molecule has 0 unspecified atom stereocenters. The van der Waals surface area contributed by atoms with E-state index in [9.17, 15) is 0 Å². The van der Waals surface area contributed by atoms with E-state index < -0.39 is 0 Å². The number of halogens is 1. The zero-order chi connectivity index (χ0) is 11.4. The normalized spacial score (nSPS) is 11.4. The van der Waals surface area contributed by atoms with Crippen LogP contribution in [0.25, 0.3) is 4.96 Å². The lowest BCUT2D eigenvalue weighted by Gasteiger charge is -2.03. The standard InChI is InChI=1S/C10H14ClN3OS/c1-15-5-2-3-12-7-8-9(11)13-10-14(8)4-6-16-10/h4,6,12H,2-3,5,7H2,1H3. The van der Waals surface area contributed by atoms with Gasteiger partial charge in [-0.2, -0.15) is 0 Å². The molecule has 16 heavy (non-hydrogen) atoms. The van der Waals surface area contributed by atoms with Crippen LogP contribution in [0.5, 0.6) is 0 Å². The summed E-state index contributed by atoms with van der Waals surface area (Å²) in [5, 5.41) is 5.92. The molecule has 0 bridgehead atoms. The Bertz CT molecular complexity index is 454. The first-order valence-corrected chi connectivity index (χ1v) is 6.38. The molecule has 0 spiro atoms. The van der Waals surface area contributed by atoms with Crippen molar-refractivity contribution in [1.82, 2.24) is 14.7 Å². The number of aromatic nitrogens is 2. The number of fused-ring (bicyclic) bond motifs is 1. The van der Waals surface area contributed by atoms with Gasteiger partial charge in [0.05, 0.1) is 5.69 Å². The van der Waals surface area contributed by atoms with Gasteiger partial charge < -0.3 is 10.1 Å². The average molecular weight is 260 g/mol. The van der Waals surface area contributed by atoms with Gasteiger partial charge in [0.15, 0.2) is 10.1 Å². The van der Waals surface area contributed by atoms with Crippen molar-refractivity contribution >= 4 is 27.9 Å². The number of hydrogen-bond acceptors (Lipinski definition) is 4. The van der Waals surface area contributed by atoms with Gasteiger partial charge in [0, 0.05) is 31.8 Å². The molecule has 0 aliphatic rings. The third kappa shape index (κ3) is 2.55. The number of nitrogens with one attached hydrogen (secondary N) is 1. The van der Waals surface area contributed by atoms with Gasteiger partial charge in [-0.1, -0.05) is 11.6 Å². The highest BCUT2D eigenvalue weighted by atomic mass is 35.5. The van der Waals surface area contributed by atoms with Gasteiger partial charge in [0.2, 0.25) is 0 Å². The van der Waals surface area contributed by atoms with E-state index in [0.717, 1.165) is 36.8 Å². The molecule has 0 radical (unpaired) electrons. The fraction of sp³-hybridized carbons (Fsp3) is 0.500. The van der Waals surface area contributed by atoms with E-state index in [1.807, 2.05) is 16.0 Å². The van der Waals surface area contributed by atoms with Gasteiger partial charge >= 0.3 is 0 Å². The van der Waals surface area contributed by atoms with E-state index in [4.69, 9.17) is 16.3 Å². The topological polar surface area (TPSA) is 38.6 Å². The van der Waals surface area contributed by atoms with Crippen LogP contribution in [0.3, 0.4) is 0 Å². The Morgan fingerprint density at radius 1 is 1.62 bits per heavy atom. The third-order valence-electron chi connectivity index (χ3n) is 2.31. The maximum absolute atomic E-state index is 6.06. The lowest BCUT2D eigenvalue weighted by Crippen LogP contribution is -2.17. The molecule has 0 aliphatic carbocycles. The average Bonchev–Trinajstić information content (AvgIpc) is 2.80. The van der Waals surface area contributed by atoms with Crippen molar-refractivity contribution in [3.05, 3.63) is 22.4 Å². The van der Waals surface area contributed by atoms with Crippen LogP contribution in [-0.2, 0) is 11.3 Å². The SMILES string of the molecule is COCCCNCc1c(Cl)nc2sccn12. The van der Waals surface area contributed by atoms with Crippen LogP contribution in [0.15, 0.2) is 11.6 Å². The largest absolute Gasteiger partial charge is 0.385 e. The van der Waals surface area contributed by atoms with Crippen molar-refractivity contribution in [2.24, 2.45) is 0 Å². The summed E-state index contributed by atoms with van der Waals surface area (Å²) in [5.41, 5.74) is 1.02. The highest BCUT2D eigenvalue weighted by molar-refractivity contribution is 7.15. The summed E-state index contributed by atoms with van der Waals surface area (Å²) in [7, 11) is 1.71. The molecule has 0 amide bonds. The quantitative estimate of drug-likeness (QED) is 0.808. The molecule has 1 N–H and O–H groups in total. The lowest BCUT2D eigenvalue weighted by molar-refractivity contribution is 0.194. The fourth-order valence-electron chi connectivity index (χ4n) is 1.51. The highest BCUT2D eigenvalue weighted by Crippen LogP contribution is 2.20. The first kappa shape index (κ1) is 11.9. The van der Waals surface area contributed by atoms with E-state index in [1.54, 1.807) is 18.4 Å².